The van der Waals surface area contributed by atoms with Crippen LogP contribution >= 0.6 is 0 Å². The van der Waals surface area contributed by atoms with Crippen LogP contribution in [0.1, 0.15) is 22.7 Å². The zero-order valence-corrected chi connectivity index (χ0v) is 14.1. The number of aryl methyl sites for hydroxylation is 1. The van der Waals surface area contributed by atoms with Gasteiger partial charge in [0.2, 0.25) is 23.5 Å². The van der Waals surface area contributed by atoms with Crippen molar-refractivity contribution in [3.63, 3.8) is 0 Å². The maximum absolute atomic E-state index is 12.4. The van der Waals surface area contributed by atoms with Crippen molar-refractivity contribution in [1.29, 1.82) is 0 Å². The average Bonchev–Trinajstić information content (AvgIpc) is 3.15. The van der Waals surface area contributed by atoms with E-state index in [0.29, 0.717) is 35.1 Å². The number of benzene rings is 1. The van der Waals surface area contributed by atoms with Gasteiger partial charge in [0.05, 0.1) is 0 Å². The Morgan fingerprint density at radius 2 is 2.04 bits per heavy atom. The molecular formula is C18H17N5O3. The van der Waals surface area contributed by atoms with Crippen molar-refractivity contribution in [3.05, 3.63) is 60.1 Å². The summed E-state index contributed by atoms with van der Waals surface area (Å²) >= 11 is 0. The second-order valence-corrected chi connectivity index (χ2v) is 5.59. The highest BCUT2D eigenvalue weighted by Crippen LogP contribution is 2.17. The molecule has 2 amide bonds. The van der Waals surface area contributed by atoms with E-state index in [-0.39, 0.29) is 12.3 Å². The van der Waals surface area contributed by atoms with Crippen molar-refractivity contribution >= 4 is 17.5 Å². The molecule has 3 aromatic rings. The maximum Gasteiger partial charge on any atom is 0.248 e. The average molecular weight is 351 g/mol. The first-order valence-electron chi connectivity index (χ1n) is 7.95. The molecule has 0 bridgehead atoms. The van der Waals surface area contributed by atoms with Crippen LogP contribution in [0.2, 0.25) is 0 Å². The molecule has 0 aliphatic carbocycles. The lowest BCUT2D eigenvalue weighted by Gasteiger charge is -2.17. The molecule has 0 unspecified atom stereocenters. The SMILES string of the molecule is CN(C(=O)CCc1nc(-c2ccccn2)no1)c1cccc(C(N)=O)c1. The quantitative estimate of drug-likeness (QED) is 0.724. The first-order valence-corrected chi connectivity index (χ1v) is 7.95. The Kier molecular flexibility index (Phi) is 5.02. The maximum atomic E-state index is 12.4. The van der Waals surface area contributed by atoms with Crippen molar-refractivity contribution in [3.8, 4) is 11.5 Å². The van der Waals surface area contributed by atoms with E-state index in [9.17, 15) is 9.59 Å². The molecule has 0 radical (unpaired) electrons. The Morgan fingerprint density at radius 1 is 1.19 bits per heavy atom. The standard InChI is InChI=1S/C18H17N5O3/c1-23(13-6-4-5-12(11-13)17(19)25)16(24)9-8-15-21-18(22-26-15)14-7-2-3-10-20-14/h2-7,10-11H,8-9H2,1H3,(H2,19,25). The summed E-state index contributed by atoms with van der Waals surface area (Å²) in [6.45, 7) is 0. The van der Waals surface area contributed by atoms with Gasteiger partial charge in [-0.25, -0.2) is 0 Å². The summed E-state index contributed by atoms with van der Waals surface area (Å²) in [5.74, 6) is 0.0543. The second-order valence-electron chi connectivity index (χ2n) is 5.59. The van der Waals surface area contributed by atoms with Crippen molar-refractivity contribution in [1.82, 2.24) is 15.1 Å². The summed E-state index contributed by atoms with van der Waals surface area (Å²) in [4.78, 5) is 33.5. The van der Waals surface area contributed by atoms with Crippen LogP contribution in [0.4, 0.5) is 5.69 Å². The molecule has 132 valence electrons. The highest BCUT2D eigenvalue weighted by atomic mass is 16.5. The molecule has 3 rings (SSSR count). The van der Waals surface area contributed by atoms with Gasteiger partial charge in [-0.15, -0.1) is 0 Å². The van der Waals surface area contributed by atoms with Crippen LogP contribution < -0.4 is 10.6 Å². The minimum atomic E-state index is -0.541. The third kappa shape index (κ3) is 3.92. The molecule has 0 saturated carbocycles. The summed E-state index contributed by atoms with van der Waals surface area (Å²) in [5.41, 5.74) is 6.81. The van der Waals surface area contributed by atoms with Gasteiger partial charge in [-0.2, -0.15) is 4.98 Å². The normalized spacial score (nSPS) is 10.5. The van der Waals surface area contributed by atoms with Crippen LogP contribution in [0.5, 0.6) is 0 Å². The number of pyridine rings is 1. The highest BCUT2D eigenvalue weighted by molar-refractivity contribution is 5.97. The van der Waals surface area contributed by atoms with E-state index in [0.717, 1.165) is 0 Å². The number of carbonyl (C=O) groups excluding carboxylic acids is 2. The van der Waals surface area contributed by atoms with Gasteiger partial charge in [0, 0.05) is 37.3 Å². The molecular weight excluding hydrogens is 334 g/mol. The van der Waals surface area contributed by atoms with Crippen LogP contribution in [0.3, 0.4) is 0 Å². The number of rotatable bonds is 6. The summed E-state index contributed by atoms with van der Waals surface area (Å²) in [6.07, 6.45) is 2.13. The fourth-order valence-corrected chi connectivity index (χ4v) is 2.35. The Hall–Kier alpha value is -3.55. The van der Waals surface area contributed by atoms with Gasteiger partial charge in [0.25, 0.3) is 0 Å². The molecule has 0 aliphatic rings. The van der Waals surface area contributed by atoms with Crippen LogP contribution in [0.25, 0.3) is 11.5 Å². The van der Waals surface area contributed by atoms with Gasteiger partial charge in [0.15, 0.2) is 0 Å². The Labute approximate surface area is 149 Å². The molecule has 8 nitrogen and oxygen atoms in total. The molecule has 0 atom stereocenters. The van der Waals surface area contributed by atoms with Gasteiger partial charge in [-0.05, 0) is 30.3 Å². The van der Waals surface area contributed by atoms with Crippen molar-refractivity contribution in [2.45, 2.75) is 12.8 Å². The molecule has 0 aliphatic heterocycles. The van der Waals surface area contributed by atoms with Crippen LogP contribution in [-0.4, -0.2) is 34.0 Å². The first kappa shape index (κ1) is 17.3. The molecule has 2 N–H and O–H groups in total. The Balaban J connectivity index is 1.63. The van der Waals surface area contributed by atoms with Gasteiger partial charge in [0.1, 0.15) is 5.69 Å². The summed E-state index contributed by atoms with van der Waals surface area (Å²) < 4.78 is 5.17. The number of primary amides is 1. The number of carbonyl (C=O) groups is 2. The highest BCUT2D eigenvalue weighted by Gasteiger charge is 2.15. The van der Waals surface area contributed by atoms with Gasteiger partial charge in [-0.1, -0.05) is 17.3 Å². The Morgan fingerprint density at radius 3 is 2.77 bits per heavy atom. The van der Waals surface area contributed by atoms with Crippen molar-refractivity contribution < 1.29 is 14.1 Å². The number of nitrogens with zero attached hydrogens (tertiary/aromatic N) is 4. The second kappa shape index (κ2) is 7.56. The van der Waals surface area contributed by atoms with Crippen LogP contribution in [0, 0.1) is 0 Å². The van der Waals surface area contributed by atoms with E-state index in [2.05, 4.69) is 15.1 Å². The van der Waals surface area contributed by atoms with E-state index in [1.54, 1.807) is 49.6 Å². The zero-order chi connectivity index (χ0) is 18.5. The van der Waals surface area contributed by atoms with Crippen LogP contribution in [-0.2, 0) is 11.2 Å². The minimum absolute atomic E-state index is 0.149. The Bertz CT molecular complexity index is 923. The molecule has 2 aromatic heterocycles. The predicted octanol–water partition coefficient (Wildman–Crippen LogP) is 1.83. The molecule has 0 saturated heterocycles. The number of amides is 2. The smallest absolute Gasteiger partial charge is 0.248 e. The minimum Gasteiger partial charge on any atom is -0.366 e. The molecule has 2 heterocycles. The lowest BCUT2D eigenvalue weighted by Crippen LogP contribution is -2.26. The van der Waals surface area contributed by atoms with Crippen molar-refractivity contribution in [2.75, 3.05) is 11.9 Å². The summed E-state index contributed by atoms with van der Waals surface area (Å²) in [7, 11) is 1.63. The topological polar surface area (TPSA) is 115 Å². The van der Waals surface area contributed by atoms with E-state index in [4.69, 9.17) is 10.3 Å². The largest absolute Gasteiger partial charge is 0.366 e. The number of anilines is 1. The van der Waals surface area contributed by atoms with E-state index < -0.39 is 5.91 Å². The third-order valence-corrected chi connectivity index (χ3v) is 3.81. The fourth-order valence-electron chi connectivity index (χ4n) is 2.35. The molecule has 8 heteroatoms. The third-order valence-electron chi connectivity index (χ3n) is 3.81. The molecule has 26 heavy (non-hydrogen) atoms. The molecule has 1 aromatic carbocycles. The van der Waals surface area contributed by atoms with Crippen molar-refractivity contribution in [2.24, 2.45) is 5.73 Å². The zero-order valence-electron chi connectivity index (χ0n) is 14.1. The first-order chi connectivity index (χ1) is 12.5. The van der Waals surface area contributed by atoms with Crippen LogP contribution in [0.15, 0.2) is 53.2 Å². The predicted molar refractivity (Wildman–Crippen MR) is 94.2 cm³/mol. The number of hydrogen-bond acceptors (Lipinski definition) is 6. The fraction of sp³-hybridized carbons (Fsp3) is 0.167. The lowest BCUT2D eigenvalue weighted by molar-refractivity contribution is -0.118. The number of hydrogen-bond donors (Lipinski definition) is 1. The molecule has 0 fully saturated rings. The lowest BCUT2D eigenvalue weighted by atomic mass is 10.1. The molecule has 0 spiro atoms. The van der Waals surface area contributed by atoms with E-state index in [1.165, 1.54) is 4.90 Å². The van der Waals surface area contributed by atoms with Gasteiger partial charge >= 0.3 is 0 Å². The number of nitrogens with two attached hydrogens (primary N) is 1. The van der Waals surface area contributed by atoms with E-state index in [1.807, 2.05) is 6.07 Å². The monoisotopic (exact) mass is 351 g/mol. The summed E-state index contributed by atoms with van der Waals surface area (Å²) in [6, 6.07) is 12.0. The van der Waals surface area contributed by atoms with E-state index >= 15 is 0 Å². The summed E-state index contributed by atoms with van der Waals surface area (Å²) in [5, 5.41) is 3.87. The van der Waals surface area contributed by atoms with Gasteiger partial charge in [-0.3, -0.25) is 14.6 Å². The number of aromatic nitrogens is 3. The van der Waals surface area contributed by atoms with Gasteiger partial charge < -0.3 is 15.2 Å².